The summed E-state index contributed by atoms with van der Waals surface area (Å²) < 4.78 is 11.0. The molecule has 88 valence electrons. The highest BCUT2D eigenvalue weighted by Crippen LogP contribution is 2.10. The van der Waals surface area contributed by atoms with Crippen LogP contribution in [0.15, 0.2) is 31.1 Å². The Hall–Kier alpha value is -2.44. The van der Waals surface area contributed by atoms with Gasteiger partial charge in [-0.1, -0.05) is 0 Å². The first kappa shape index (κ1) is 11.1. The van der Waals surface area contributed by atoms with E-state index in [1.165, 1.54) is 12.5 Å². The molecule has 0 unspecified atom stereocenters. The molecule has 0 saturated carbocycles. The van der Waals surface area contributed by atoms with Gasteiger partial charge >= 0.3 is 6.16 Å². The van der Waals surface area contributed by atoms with Gasteiger partial charge in [0.15, 0.2) is 5.82 Å². The van der Waals surface area contributed by atoms with Gasteiger partial charge in [-0.3, -0.25) is 9.55 Å². The lowest BCUT2D eigenvalue weighted by atomic mass is 10.6. The second kappa shape index (κ2) is 5.06. The van der Waals surface area contributed by atoms with E-state index < -0.39 is 6.16 Å². The van der Waals surface area contributed by atoms with Crippen LogP contribution in [-0.4, -0.2) is 32.3 Å². The molecule has 0 spiro atoms. The summed E-state index contributed by atoms with van der Waals surface area (Å²) in [5, 5.41) is 0. The third-order valence-electron chi connectivity index (χ3n) is 1.82. The van der Waals surface area contributed by atoms with Crippen LogP contribution in [0, 0.1) is 0 Å². The number of carbonyl (C=O) groups excluding carboxylic acids is 1. The van der Waals surface area contributed by atoms with Crippen LogP contribution in [0.3, 0.4) is 0 Å². The minimum Gasteiger partial charge on any atom is -0.434 e. The summed E-state index contributed by atoms with van der Waals surface area (Å²) >= 11 is 0. The van der Waals surface area contributed by atoms with E-state index in [0.717, 1.165) is 0 Å². The molecule has 0 radical (unpaired) electrons. The lowest BCUT2D eigenvalue weighted by Crippen LogP contribution is -2.10. The summed E-state index contributed by atoms with van der Waals surface area (Å²) in [5.74, 6) is 0.729. The minimum atomic E-state index is -0.781. The number of ether oxygens (including phenoxy) is 2. The van der Waals surface area contributed by atoms with Crippen LogP contribution in [-0.2, 0) is 4.74 Å². The average Bonchev–Trinajstić information content (AvgIpc) is 2.79. The molecule has 7 heteroatoms. The molecule has 0 fully saturated rings. The lowest BCUT2D eigenvalue weighted by Gasteiger charge is -1.99. The van der Waals surface area contributed by atoms with Crippen LogP contribution in [0.5, 0.6) is 5.88 Å². The van der Waals surface area contributed by atoms with Crippen LogP contribution in [0.2, 0.25) is 0 Å². The number of hydrogen-bond donors (Lipinski definition) is 0. The van der Waals surface area contributed by atoms with E-state index in [0.29, 0.717) is 5.82 Å². The van der Waals surface area contributed by atoms with Crippen LogP contribution in [0.25, 0.3) is 5.82 Å². The molecule has 2 heterocycles. The number of aromatic nitrogens is 4. The van der Waals surface area contributed by atoms with Gasteiger partial charge < -0.3 is 9.47 Å². The second-order valence-electron chi connectivity index (χ2n) is 2.97. The van der Waals surface area contributed by atoms with Gasteiger partial charge in [-0.25, -0.2) is 14.8 Å². The molecule has 0 aromatic carbocycles. The fraction of sp³-hybridized carbons (Fsp3) is 0.200. The zero-order valence-electron chi connectivity index (χ0n) is 9.11. The number of rotatable bonds is 3. The van der Waals surface area contributed by atoms with Crippen LogP contribution in [0.4, 0.5) is 4.79 Å². The SMILES string of the molecule is CCOC(=O)Oc1cn(-c2cnccn2)cn1. The fourth-order valence-corrected chi connectivity index (χ4v) is 1.14. The molecule has 0 atom stereocenters. The Morgan fingerprint density at radius 2 is 2.29 bits per heavy atom. The summed E-state index contributed by atoms with van der Waals surface area (Å²) in [4.78, 5) is 22.9. The third kappa shape index (κ3) is 2.77. The van der Waals surface area contributed by atoms with E-state index in [2.05, 4.69) is 19.7 Å². The smallest absolute Gasteiger partial charge is 0.434 e. The van der Waals surface area contributed by atoms with Crippen LogP contribution < -0.4 is 4.74 Å². The standard InChI is InChI=1S/C10H10N4O3/c1-2-16-10(15)17-9-6-14(7-13-9)8-5-11-3-4-12-8/h3-7H,2H2,1H3. The van der Waals surface area contributed by atoms with Crippen molar-refractivity contribution in [3.63, 3.8) is 0 Å². The van der Waals surface area contributed by atoms with Crippen molar-refractivity contribution in [2.75, 3.05) is 6.61 Å². The topological polar surface area (TPSA) is 79.1 Å². The highest BCUT2D eigenvalue weighted by Gasteiger charge is 2.08. The van der Waals surface area contributed by atoms with Crippen molar-refractivity contribution >= 4 is 6.16 Å². The van der Waals surface area contributed by atoms with Gasteiger partial charge in [0.05, 0.1) is 19.0 Å². The van der Waals surface area contributed by atoms with Crippen molar-refractivity contribution in [2.24, 2.45) is 0 Å². The predicted molar refractivity (Wildman–Crippen MR) is 56.8 cm³/mol. The predicted octanol–water partition coefficient (Wildman–Crippen LogP) is 1.20. The van der Waals surface area contributed by atoms with E-state index >= 15 is 0 Å². The zero-order valence-corrected chi connectivity index (χ0v) is 9.11. The average molecular weight is 234 g/mol. The van der Waals surface area contributed by atoms with E-state index in [1.807, 2.05) is 0 Å². The third-order valence-corrected chi connectivity index (χ3v) is 1.82. The van der Waals surface area contributed by atoms with Crippen molar-refractivity contribution in [3.8, 4) is 11.7 Å². The van der Waals surface area contributed by atoms with Crippen molar-refractivity contribution < 1.29 is 14.3 Å². The number of nitrogens with zero attached hydrogens (tertiary/aromatic N) is 4. The van der Waals surface area contributed by atoms with Crippen molar-refractivity contribution in [3.05, 3.63) is 31.1 Å². The van der Waals surface area contributed by atoms with Gasteiger partial charge in [0.1, 0.15) is 6.33 Å². The van der Waals surface area contributed by atoms with Crippen LogP contribution in [0.1, 0.15) is 6.92 Å². The molecule has 0 aliphatic rings. The molecule has 0 saturated heterocycles. The van der Waals surface area contributed by atoms with E-state index in [4.69, 9.17) is 4.74 Å². The molecule has 0 N–H and O–H groups in total. The summed E-state index contributed by atoms with van der Waals surface area (Å²) in [7, 11) is 0. The van der Waals surface area contributed by atoms with Gasteiger partial charge in [-0.05, 0) is 6.92 Å². The first-order chi connectivity index (χ1) is 8.29. The maximum Gasteiger partial charge on any atom is 0.515 e. The summed E-state index contributed by atoms with van der Waals surface area (Å²) in [6, 6.07) is 0. The monoisotopic (exact) mass is 234 g/mol. The molecule has 0 aliphatic carbocycles. The van der Waals surface area contributed by atoms with Gasteiger partial charge in [0, 0.05) is 12.4 Å². The van der Waals surface area contributed by atoms with Crippen molar-refractivity contribution in [2.45, 2.75) is 6.92 Å². The van der Waals surface area contributed by atoms with E-state index in [1.54, 1.807) is 30.1 Å². The van der Waals surface area contributed by atoms with Gasteiger partial charge in [-0.15, -0.1) is 0 Å². The highest BCUT2D eigenvalue weighted by molar-refractivity contribution is 5.62. The van der Waals surface area contributed by atoms with Gasteiger partial charge in [0.25, 0.3) is 0 Å². The molecule has 7 nitrogen and oxygen atoms in total. The molecule has 0 bridgehead atoms. The molecular formula is C10H10N4O3. The summed E-state index contributed by atoms with van der Waals surface area (Å²) in [6.45, 7) is 1.95. The Bertz CT molecular complexity index is 497. The zero-order chi connectivity index (χ0) is 12.1. The minimum absolute atomic E-state index is 0.147. The highest BCUT2D eigenvalue weighted by atomic mass is 16.7. The van der Waals surface area contributed by atoms with Crippen molar-refractivity contribution in [1.82, 2.24) is 19.5 Å². The second-order valence-corrected chi connectivity index (χ2v) is 2.97. The number of imidazole rings is 1. The maximum absolute atomic E-state index is 11.0. The molecule has 0 aliphatic heterocycles. The Morgan fingerprint density at radius 1 is 1.41 bits per heavy atom. The Morgan fingerprint density at radius 3 is 3.00 bits per heavy atom. The van der Waals surface area contributed by atoms with E-state index in [-0.39, 0.29) is 12.5 Å². The largest absolute Gasteiger partial charge is 0.515 e. The number of carbonyl (C=O) groups is 1. The lowest BCUT2D eigenvalue weighted by molar-refractivity contribution is 0.103. The first-order valence-corrected chi connectivity index (χ1v) is 4.94. The molecule has 0 amide bonds. The normalized spacial score (nSPS) is 9.94. The Balaban J connectivity index is 2.09. The fourth-order valence-electron chi connectivity index (χ4n) is 1.14. The molecular weight excluding hydrogens is 224 g/mol. The van der Waals surface area contributed by atoms with E-state index in [9.17, 15) is 4.79 Å². The van der Waals surface area contributed by atoms with Crippen molar-refractivity contribution in [1.29, 1.82) is 0 Å². The van der Waals surface area contributed by atoms with Gasteiger partial charge in [-0.2, -0.15) is 0 Å². The quantitative estimate of drug-likeness (QED) is 0.742. The molecule has 2 aromatic rings. The Labute approximate surface area is 97.1 Å². The Kier molecular flexibility index (Phi) is 3.29. The summed E-state index contributed by atoms with van der Waals surface area (Å²) in [6.07, 6.45) is 6.89. The number of hydrogen-bond acceptors (Lipinski definition) is 6. The summed E-state index contributed by atoms with van der Waals surface area (Å²) in [5.41, 5.74) is 0. The molecule has 17 heavy (non-hydrogen) atoms. The maximum atomic E-state index is 11.0. The molecule has 2 aromatic heterocycles. The van der Waals surface area contributed by atoms with Gasteiger partial charge in [0.2, 0.25) is 5.88 Å². The van der Waals surface area contributed by atoms with Crippen LogP contribution >= 0.6 is 0 Å². The molecule has 2 rings (SSSR count). The first-order valence-electron chi connectivity index (χ1n) is 4.94.